The lowest BCUT2D eigenvalue weighted by Crippen LogP contribution is -2.52. The molecule has 0 amide bonds. The van der Waals surface area contributed by atoms with Crippen molar-refractivity contribution in [2.24, 2.45) is 0 Å². The molecule has 1 aromatic carbocycles. The summed E-state index contributed by atoms with van der Waals surface area (Å²) < 4.78 is 11.8. The molecule has 0 aromatic heterocycles. The number of hydrogen-bond donors (Lipinski definition) is 0. The van der Waals surface area contributed by atoms with Gasteiger partial charge in [0.05, 0.1) is 36.5 Å². The third-order valence-electron chi connectivity index (χ3n) is 5.24. The Morgan fingerprint density at radius 2 is 2.00 bits per heavy atom. The van der Waals surface area contributed by atoms with Gasteiger partial charge in [-0.05, 0) is 37.1 Å². The first-order chi connectivity index (χ1) is 11.3. The van der Waals surface area contributed by atoms with Crippen LogP contribution in [-0.2, 0) is 9.47 Å². The number of benzene rings is 1. The number of rotatable bonds is 3. The molecule has 3 heterocycles. The molecular weight excluding hydrogens is 290 g/mol. The van der Waals surface area contributed by atoms with Gasteiger partial charge in [0, 0.05) is 38.5 Å². The lowest BCUT2D eigenvalue weighted by molar-refractivity contribution is -0.0612. The Kier molecular flexibility index (Phi) is 4.21. The zero-order valence-corrected chi connectivity index (χ0v) is 13.4. The van der Waals surface area contributed by atoms with E-state index in [0.29, 0.717) is 17.7 Å². The van der Waals surface area contributed by atoms with E-state index in [-0.39, 0.29) is 6.10 Å². The fourth-order valence-corrected chi connectivity index (χ4v) is 3.99. The fourth-order valence-electron chi connectivity index (χ4n) is 3.99. The predicted octanol–water partition coefficient (Wildman–Crippen LogP) is 1.63. The van der Waals surface area contributed by atoms with E-state index >= 15 is 0 Å². The average Bonchev–Trinajstić information content (AvgIpc) is 3.25. The number of hydrogen-bond acceptors (Lipinski definition) is 5. The summed E-state index contributed by atoms with van der Waals surface area (Å²) in [4.78, 5) is 4.94. The van der Waals surface area contributed by atoms with E-state index in [9.17, 15) is 0 Å². The van der Waals surface area contributed by atoms with E-state index in [1.807, 2.05) is 24.3 Å². The number of nitriles is 1. The monoisotopic (exact) mass is 313 g/mol. The number of ether oxygens (including phenoxy) is 2. The van der Waals surface area contributed by atoms with E-state index in [0.717, 1.165) is 39.4 Å². The Balaban J connectivity index is 1.44. The van der Waals surface area contributed by atoms with Crippen LogP contribution in [0.2, 0.25) is 0 Å². The molecule has 0 bridgehead atoms. The first-order valence-electron chi connectivity index (χ1n) is 8.56. The molecule has 3 aliphatic heterocycles. The highest BCUT2D eigenvalue weighted by Gasteiger charge is 2.41. The zero-order valence-electron chi connectivity index (χ0n) is 13.4. The topological polar surface area (TPSA) is 48.7 Å². The van der Waals surface area contributed by atoms with E-state index in [4.69, 9.17) is 14.7 Å². The molecule has 3 fully saturated rings. The summed E-state index contributed by atoms with van der Waals surface area (Å²) in [7, 11) is 0. The second kappa shape index (κ2) is 6.48. The Morgan fingerprint density at radius 3 is 2.74 bits per heavy atom. The van der Waals surface area contributed by atoms with E-state index in [1.54, 1.807) is 0 Å². The molecule has 1 aromatic rings. The number of nitrogens with zero attached hydrogens (tertiary/aromatic N) is 3. The maximum absolute atomic E-state index is 8.93. The third-order valence-corrected chi connectivity index (χ3v) is 5.24. The van der Waals surface area contributed by atoms with Crippen molar-refractivity contribution in [3.05, 3.63) is 29.8 Å². The van der Waals surface area contributed by atoms with Gasteiger partial charge in [0.2, 0.25) is 0 Å². The lowest BCUT2D eigenvalue weighted by atomic mass is 10.1. The highest BCUT2D eigenvalue weighted by atomic mass is 16.5. The minimum Gasteiger partial charge on any atom is -0.377 e. The summed E-state index contributed by atoms with van der Waals surface area (Å²) in [5.74, 6) is 0. The van der Waals surface area contributed by atoms with E-state index < -0.39 is 0 Å². The second-order valence-electron chi connectivity index (χ2n) is 6.67. The minimum absolute atomic E-state index is 0.279. The van der Waals surface area contributed by atoms with Gasteiger partial charge in [-0.3, -0.25) is 4.90 Å². The van der Waals surface area contributed by atoms with Crippen LogP contribution in [0.5, 0.6) is 0 Å². The van der Waals surface area contributed by atoms with Crippen LogP contribution in [-0.4, -0.2) is 62.5 Å². The molecule has 3 aliphatic rings. The van der Waals surface area contributed by atoms with Crippen LogP contribution >= 0.6 is 0 Å². The van der Waals surface area contributed by atoms with Crippen molar-refractivity contribution < 1.29 is 9.47 Å². The molecule has 23 heavy (non-hydrogen) atoms. The molecule has 122 valence electrons. The van der Waals surface area contributed by atoms with Gasteiger partial charge in [-0.15, -0.1) is 0 Å². The molecule has 3 saturated heterocycles. The smallest absolute Gasteiger partial charge is 0.0991 e. The number of fused-ring (bicyclic) bond motifs is 1. The molecule has 5 nitrogen and oxygen atoms in total. The largest absolute Gasteiger partial charge is 0.377 e. The molecule has 0 aliphatic carbocycles. The second-order valence-corrected chi connectivity index (χ2v) is 6.67. The fraction of sp³-hybridized carbons (Fsp3) is 0.611. The van der Waals surface area contributed by atoms with Crippen molar-refractivity contribution in [1.29, 1.82) is 5.26 Å². The quantitative estimate of drug-likeness (QED) is 0.849. The predicted molar refractivity (Wildman–Crippen MR) is 87.4 cm³/mol. The highest BCUT2D eigenvalue weighted by molar-refractivity contribution is 5.51. The van der Waals surface area contributed by atoms with Gasteiger partial charge in [-0.25, -0.2) is 0 Å². The van der Waals surface area contributed by atoms with Gasteiger partial charge < -0.3 is 14.4 Å². The maximum atomic E-state index is 8.93. The van der Waals surface area contributed by atoms with E-state index in [1.165, 1.54) is 18.5 Å². The third kappa shape index (κ3) is 3.07. The number of morpholine rings is 1. The average molecular weight is 313 g/mol. The molecule has 0 unspecified atom stereocenters. The van der Waals surface area contributed by atoms with Crippen molar-refractivity contribution in [2.75, 3.05) is 44.3 Å². The summed E-state index contributed by atoms with van der Waals surface area (Å²) in [6.07, 6.45) is 3.06. The van der Waals surface area contributed by atoms with Crippen LogP contribution in [0.25, 0.3) is 0 Å². The molecule has 3 atom stereocenters. The normalized spacial score (nSPS) is 31.1. The van der Waals surface area contributed by atoms with Gasteiger partial charge in [0.25, 0.3) is 0 Å². The van der Waals surface area contributed by atoms with Crippen molar-refractivity contribution in [1.82, 2.24) is 4.90 Å². The van der Waals surface area contributed by atoms with Crippen LogP contribution < -0.4 is 4.90 Å². The van der Waals surface area contributed by atoms with Crippen LogP contribution in [0.15, 0.2) is 24.3 Å². The molecule has 0 saturated carbocycles. The molecule has 0 N–H and O–H groups in total. The van der Waals surface area contributed by atoms with Gasteiger partial charge in [-0.2, -0.15) is 5.26 Å². The summed E-state index contributed by atoms with van der Waals surface area (Å²) in [6, 6.07) is 10.5. The van der Waals surface area contributed by atoms with Crippen LogP contribution in [0.4, 0.5) is 5.69 Å². The Labute approximate surface area is 137 Å². The molecule has 0 spiro atoms. The van der Waals surface area contributed by atoms with Crippen LogP contribution in [0, 0.1) is 11.3 Å². The van der Waals surface area contributed by atoms with Gasteiger partial charge in [0.15, 0.2) is 0 Å². The Morgan fingerprint density at radius 1 is 1.13 bits per heavy atom. The molecule has 4 rings (SSSR count). The van der Waals surface area contributed by atoms with Crippen molar-refractivity contribution in [3.8, 4) is 6.07 Å². The number of anilines is 1. The minimum atomic E-state index is 0.279. The Hall–Kier alpha value is -1.61. The van der Waals surface area contributed by atoms with Crippen LogP contribution in [0.3, 0.4) is 0 Å². The summed E-state index contributed by atoms with van der Waals surface area (Å²) >= 11 is 0. The van der Waals surface area contributed by atoms with Gasteiger partial charge in [-0.1, -0.05) is 0 Å². The maximum Gasteiger partial charge on any atom is 0.0991 e. The van der Waals surface area contributed by atoms with Crippen molar-refractivity contribution >= 4 is 5.69 Å². The summed E-state index contributed by atoms with van der Waals surface area (Å²) in [6.45, 7) is 5.69. The molecular formula is C18H23N3O2. The van der Waals surface area contributed by atoms with E-state index in [2.05, 4.69) is 15.9 Å². The van der Waals surface area contributed by atoms with Gasteiger partial charge in [0.1, 0.15) is 0 Å². The standard InChI is InChI=1S/C18H23N3O2/c19-10-14-3-5-15(6-4-14)21-12-17-18(13-21)23-9-7-20(17)11-16-2-1-8-22-16/h3-6,16-18H,1-2,7-9,11-13H2/t16-,17+,18-/m0/s1. The SMILES string of the molecule is N#Cc1ccc(N2C[C@@H]3OCCN(C[C@@H]4CCCO4)[C@@H]3C2)cc1. The summed E-state index contributed by atoms with van der Waals surface area (Å²) in [5, 5.41) is 8.93. The van der Waals surface area contributed by atoms with Gasteiger partial charge >= 0.3 is 0 Å². The lowest BCUT2D eigenvalue weighted by Gasteiger charge is -2.37. The first-order valence-corrected chi connectivity index (χ1v) is 8.56. The molecule has 5 heteroatoms. The molecule has 0 radical (unpaired) electrons. The summed E-state index contributed by atoms with van der Waals surface area (Å²) in [5.41, 5.74) is 1.89. The van der Waals surface area contributed by atoms with Crippen LogP contribution in [0.1, 0.15) is 18.4 Å². The highest BCUT2D eigenvalue weighted by Crippen LogP contribution is 2.28. The Bertz CT molecular complexity index is 577. The first kappa shape index (κ1) is 14.9. The van der Waals surface area contributed by atoms with Crippen molar-refractivity contribution in [2.45, 2.75) is 31.1 Å². The zero-order chi connectivity index (χ0) is 15.6. The van der Waals surface area contributed by atoms with Crippen molar-refractivity contribution in [3.63, 3.8) is 0 Å².